The van der Waals surface area contributed by atoms with Gasteiger partial charge >= 0.3 is 0 Å². The fourth-order valence-electron chi connectivity index (χ4n) is 4.18. The Morgan fingerprint density at radius 1 is 1.06 bits per heavy atom. The van der Waals surface area contributed by atoms with Crippen molar-refractivity contribution >= 4 is 17.4 Å². The molecule has 0 saturated carbocycles. The second-order valence-corrected chi connectivity index (χ2v) is 9.00. The highest BCUT2D eigenvalue weighted by atomic mass is 16.5. The summed E-state index contributed by atoms with van der Waals surface area (Å²) < 4.78 is 5.74. The van der Waals surface area contributed by atoms with Crippen LogP contribution in [0.1, 0.15) is 81.2 Å². The molecule has 1 N–H and O–H groups in total. The molecule has 3 rings (SSSR count). The Morgan fingerprint density at radius 2 is 1.76 bits per heavy atom. The summed E-state index contributed by atoms with van der Waals surface area (Å²) in [7, 11) is 0. The van der Waals surface area contributed by atoms with Gasteiger partial charge in [0.1, 0.15) is 11.5 Å². The summed E-state index contributed by atoms with van der Waals surface area (Å²) in [6, 6.07) is 12.7. The van der Waals surface area contributed by atoms with E-state index >= 15 is 0 Å². The topological polar surface area (TPSA) is 66.8 Å². The highest BCUT2D eigenvalue weighted by molar-refractivity contribution is 6.46. The summed E-state index contributed by atoms with van der Waals surface area (Å²) in [4.78, 5) is 27.7. The van der Waals surface area contributed by atoms with Crippen LogP contribution < -0.4 is 4.74 Å². The molecule has 5 heteroatoms. The molecule has 1 amide bonds. The molecule has 1 heterocycles. The zero-order valence-corrected chi connectivity index (χ0v) is 20.4. The predicted octanol–water partition coefficient (Wildman–Crippen LogP) is 6.13. The number of nitrogens with zero attached hydrogens (tertiary/aromatic N) is 1. The zero-order chi connectivity index (χ0) is 24.1. The molecule has 0 spiro atoms. The number of unbranched alkanes of at least 4 members (excludes halogenated alkanes) is 1. The number of hydrogen-bond donors (Lipinski definition) is 1. The van der Waals surface area contributed by atoms with Gasteiger partial charge in [-0.05, 0) is 60.6 Å². The molecule has 1 atom stereocenters. The predicted molar refractivity (Wildman–Crippen MR) is 131 cm³/mol. The maximum atomic E-state index is 13.1. The normalized spacial score (nSPS) is 17.8. The third kappa shape index (κ3) is 5.13. The van der Waals surface area contributed by atoms with E-state index in [4.69, 9.17) is 4.74 Å². The van der Waals surface area contributed by atoms with E-state index < -0.39 is 17.7 Å². The van der Waals surface area contributed by atoms with Gasteiger partial charge in [0.05, 0.1) is 18.2 Å². The van der Waals surface area contributed by atoms with Crippen LogP contribution in [-0.4, -0.2) is 34.8 Å². The minimum atomic E-state index is -0.634. The van der Waals surface area contributed by atoms with E-state index in [0.29, 0.717) is 24.6 Å². The van der Waals surface area contributed by atoms with Gasteiger partial charge in [-0.2, -0.15) is 0 Å². The van der Waals surface area contributed by atoms with Crippen molar-refractivity contribution < 1.29 is 19.4 Å². The number of amides is 1. The number of benzene rings is 2. The van der Waals surface area contributed by atoms with Crippen LogP contribution in [0, 0.1) is 6.92 Å². The molecule has 5 nitrogen and oxygen atoms in total. The molecule has 0 aliphatic carbocycles. The van der Waals surface area contributed by atoms with Gasteiger partial charge in [0.15, 0.2) is 0 Å². The molecule has 1 aliphatic rings. The number of hydrogen-bond acceptors (Lipinski definition) is 4. The van der Waals surface area contributed by atoms with Crippen LogP contribution in [0.15, 0.2) is 48.0 Å². The maximum absolute atomic E-state index is 13.1. The fourth-order valence-corrected chi connectivity index (χ4v) is 4.18. The molecule has 2 aromatic rings. The Hall–Kier alpha value is -3.08. The lowest BCUT2D eigenvalue weighted by Gasteiger charge is -2.25. The molecular formula is C28H35NO4. The highest BCUT2D eigenvalue weighted by Gasteiger charge is 2.45. The standard InChI is InChI=1S/C28H35NO4/c1-6-8-15-29-25(21-11-9-20(10-12-21)18(3)4)24(27(31)28(29)32)26(30)22-13-14-23(19(5)17-22)33-16-7-2/h9-14,17-18,25,30H,6-8,15-16H2,1-5H3/b26-24-. The Morgan fingerprint density at radius 3 is 2.33 bits per heavy atom. The first-order valence-corrected chi connectivity index (χ1v) is 11.9. The van der Waals surface area contributed by atoms with Gasteiger partial charge < -0.3 is 14.7 Å². The Bertz CT molecular complexity index is 1040. The summed E-state index contributed by atoms with van der Waals surface area (Å²) in [5, 5.41) is 11.3. The maximum Gasteiger partial charge on any atom is 0.295 e. The van der Waals surface area contributed by atoms with E-state index in [-0.39, 0.29) is 11.3 Å². The smallest absolute Gasteiger partial charge is 0.295 e. The third-order valence-corrected chi connectivity index (χ3v) is 6.12. The van der Waals surface area contributed by atoms with Crippen LogP contribution in [0.2, 0.25) is 0 Å². The summed E-state index contributed by atoms with van der Waals surface area (Å²) in [5.74, 6) is -0.206. The lowest BCUT2D eigenvalue weighted by molar-refractivity contribution is -0.139. The number of carbonyl (C=O) groups excluding carboxylic acids is 2. The fraction of sp³-hybridized carbons (Fsp3) is 0.429. The first kappa shape index (κ1) is 24.6. The van der Waals surface area contributed by atoms with Gasteiger partial charge in [-0.3, -0.25) is 9.59 Å². The quantitative estimate of drug-likeness (QED) is 0.284. The number of aliphatic hydroxyl groups is 1. The van der Waals surface area contributed by atoms with Crippen molar-refractivity contribution in [3.8, 4) is 5.75 Å². The number of aryl methyl sites for hydroxylation is 1. The van der Waals surface area contributed by atoms with Crippen LogP contribution in [0.5, 0.6) is 5.75 Å². The van der Waals surface area contributed by atoms with Crippen molar-refractivity contribution in [2.24, 2.45) is 0 Å². The van der Waals surface area contributed by atoms with Crippen LogP contribution in [0.25, 0.3) is 5.76 Å². The molecule has 1 unspecified atom stereocenters. The summed E-state index contributed by atoms with van der Waals surface area (Å²) >= 11 is 0. The minimum absolute atomic E-state index is 0.143. The monoisotopic (exact) mass is 449 g/mol. The van der Waals surface area contributed by atoms with Gasteiger partial charge in [-0.1, -0.05) is 58.4 Å². The molecule has 176 valence electrons. The van der Waals surface area contributed by atoms with Crippen LogP contribution in [-0.2, 0) is 9.59 Å². The van der Waals surface area contributed by atoms with E-state index in [2.05, 4.69) is 13.8 Å². The second-order valence-electron chi connectivity index (χ2n) is 9.00. The van der Waals surface area contributed by atoms with Crippen molar-refractivity contribution in [2.45, 2.75) is 65.8 Å². The molecule has 0 bridgehead atoms. The van der Waals surface area contributed by atoms with Crippen LogP contribution in [0.3, 0.4) is 0 Å². The Balaban J connectivity index is 2.09. The van der Waals surface area contributed by atoms with E-state index in [9.17, 15) is 14.7 Å². The number of aliphatic hydroxyl groups excluding tert-OH is 1. The van der Waals surface area contributed by atoms with Gasteiger partial charge in [-0.25, -0.2) is 0 Å². The molecule has 2 aromatic carbocycles. The molecule has 0 aromatic heterocycles. The number of Topliss-reactive ketones (excluding diaryl/α,β-unsaturated/α-hetero) is 1. The number of ether oxygens (including phenoxy) is 1. The number of likely N-dealkylation sites (tertiary alicyclic amines) is 1. The average Bonchev–Trinajstić information content (AvgIpc) is 3.06. The van der Waals surface area contributed by atoms with Crippen molar-refractivity contribution in [2.75, 3.05) is 13.2 Å². The number of rotatable bonds is 9. The van der Waals surface area contributed by atoms with Crippen molar-refractivity contribution in [1.82, 2.24) is 4.90 Å². The van der Waals surface area contributed by atoms with E-state index in [1.54, 1.807) is 23.1 Å². The van der Waals surface area contributed by atoms with E-state index in [1.165, 1.54) is 5.56 Å². The first-order chi connectivity index (χ1) is 15.8. The zero-order valence-electron chi connectivity index (χ0n) is 20.4. The van der Waals surface area contributed by atoms with Crippen LogP contribution >= 0.6 is 0 Å². The van der Waals surface area contributed by atoms with Gasteiger partial charge in [-0.15, -0.1) is 0 Å². The Kier molecular flexibility index (Phi) is 7.96. The van der Waals surface area contributed by atoms with Gasteiger partial charge in [0.25, 0.3) is 11.7 Å². The van der Waals surface area contributed by atoms with Crippen molar-refractivity contribution in [3.63, 3.8) is 0 Å². The van der Waals surface area contributed by atoms with Crippen molar-refractivity contribution in [3.05, 3.63) is 70.3 Å². The van der Waals surface area contributed by atoms with Crippen molar-refractivity contribution in [1.29, 1.82) is 0 Å². The summed E-state index contributed by atoms with van der Waals surface area (Å²) in [6.45, 7) is 11.3. The van der Waals surface area contributed by atoms with E-state index in [1.807, 2.05) is 45.0 Å². The highest BCUT2D eigenvalue weighted by Crippen LogP contribution is 2.40. The lowest BCUT2D eigenvalue weighted by atomic mass is 9.93. The summed E-state index contributed by atoms with van der Waals surface area (Å²) in [5.41, 5.74) is 3.53. The number of ketones is 1. The molecule has 1 aliphatic heterocycles. The van der Waals surface area contributed by atoms with Crippen LogP contribution in [0.4, 0.5) is 0 Å². The SMILES string of the molecule is CCCCN1C(=O)C(=O)/C(=C(\O)c2ccc(OCCC)c(C)c2)C1c1ccc(C(C)C)cc1. The lowest BCUT2D eigenvalue weighted by Crippen LogP contribution is -2.30. The third-order valence-electron chi connectivity index (χ3n) is 6.12. The summed E-state index contributed by atoms with van der Waals surface area (Å²) in [6.07, 6.45) is 2.59. The largest absolute Gasteiger partial charge is 0.507 e. The molecule has 33 heavy (non-hydrogen) atoms. The number of carbonyl (C=O) groups is 2. The van der Waals surface area contributed by atoms with Gasteiger partial charge in [0, 0.05) is 12.1 Å². The second kappa shape index (κ2) is 10.7. The minimum Gasteiger partial charge on any atom is -0.507 e. The molecule has 1 fully saturated rings. The molecule has 1 saturated heterocycles. The van der Waals surface area contributed by atoms with Gasteiger partial charge in [0.2, 0.25) is 0 Å². The van der Waals surface area contributed by atoms with E-state index in [0.717, 1.165) is 36.1 Å². The Labute approximate surface area is 197 Å². The average molecular weight is 450 g/mol. The molecular weight excluding hydrogens is 414 g/mol. The first-order valence-electron chi connectivity index (χ1n) is 11.9. The molecule has 0 radical (unpaired) electrons.